The Bertz CT molecular complexity index is 595. The predicted molar refractivity (Wildman–Crippen MR) is 94.2 cm³/mol. The molecule has 2 aromatic carbocycles. The van der Waals surface area contributed by atoms with Gasteiger partial charge in [-0.25, -0.2) is 0 Å². The minimum Gasteiger partial charge on any atom is -0.354 e. The van der Waals surface area contributed by atoms with E-state index in [4.69, 9.17) is 0 Å². The first-order valence-electron chi connectivity index (χ1n) is 7.54. The molecule has 2 rings (SSSR count). The molecular weight excluding hydrogens is 290 g/mol. The summed E-state index contributed by atoms with van der Waals surface area (Å²) in [6.07, 6.45) is 0. The van der Waals surface area contributed by atoms with Gasteiger partial charge in [0.2, 0.25) is 5.91 Å². The molecular formula is C19H23NOS. The average Bonchev–Trinajstić information content (AvgIpc) is 2.54. The van der Waals surface area contributed by atoms with Crippen LogP contribution in [0.4, 0.5) is 0 Å². The summed E-state index contributed by atoms with van der Waals surface area (Å²) in [5.41, 5.74) is 1.16. The zero-order valence-electron chi connectivity index (χ0n) is 13.4. The van der Waals surface area contributed by atoms with Gasteiger partial charge in [-0.1, -0.05) is 62.4 Å². The quantitative estimate of drug-likeness (QED) is 0.807. The molecule has 0 bridgehead atoms. The monoisotopic (exact) mass is 313 g/mol. The molecule has 3 heteroatoms. The Labute approximate surface area is 137 Å². The van der Waals surface area contributed by atoms with Crippen molar-refractivity contribution in [2.24, 2.45) is 0 Å². The average molecular weight is 313 g/mol. The summed E-state index contributed by atoms with van der Waals surface area (Å²) >= 11 is 1.59. The first-order valence-corrected chi connectivity index (χ1v) is 8.42. The van der Waals surface area contributed by atoms with E-state index in [0.29, 0.717) is 6.54 Å². The standard InChI is InChI=1S/C19H23NOS/c1-15(22-17-12-8-5-9-13-17)18(21)20-14-19(2,3)16-10-6-4-7-11-16/h4-13,15H,14H2,1-3H3,(H,20,21). The summed E-state index contributed by atoms with van der Waals surface area (Å²) in [6, 6.07) is 20.3. The number of carbonyl (C=O) groups excluding carboxylic acids is 1. The normalized spacial score (nSPS) is 12.7. The summed E-state index contributed by atoms with van der Waals surface area (Å²) in [4.78, 5) is 13.4. The summed E-state index contributed by atoms with van der Waals surface area (Å²) in [6.45, 7) is 6.88. The number of thioether (sulfide) groups is 1. The Morgan fingerprint density at radius 2 is 1.59 bits per heavy atom. The Hall–Kier alpha value is -1.74. The number of hydrogen-bond donors (Lipinski definition) is 1. The third-order valence-electron chi connectivity index (χ3n) is 3.69. The highest BCUT2D eigenvalue weighted by molar-refractivity contribution is 8.00. The molecule has 0 heterocycles. The van der Waals surface area contributed by atoms with Crippen molar-refractivity contribution in [3.05, 3.63) is 66.2 Å². The van der Waals surface area contributed by atoms with Gasteiger partial charge in [-0.15, -0.1) is 11.8 Å². The largest absolute Gasteiger partial charge is 0.354 e. The Kier molecular flexibility index (Phi) is 5.67. The molecule has 1 atom stereocenters. The Balaban J connectivity index is 1.89. The van der Waals surface area contributed by atoms with Crippen LogP contribution >= 0.6 is 11.8 Å². The second kappa shape index (κ2) is 7.50. The van der Waals surface area contributed by atoms with Gasteiger partial charge in [0.05, 0.1) is 5.25 Å². The minimum absolute atomic E-state index is 0.0753. The summed E-state index contributed by atoms with van der Waals surface area (Å²) in [5.74, 6) is 0.0814. The van der Waals surface area contributed by atoms with Crippen LogP contribution in [0.2, 0.25) is 0 Å². The van der Waals surface area contributed by atoms with E-state index in [0.717, 1.165) is 4.90 Å². The lowest BCUT2D eigenvalue weighted by atomic mass is 9.84. The molecule has 0 aliphatic heterocycles. The van der Waals surface area contributed by atoms with E-state index in [1.165, 1.54) is 5.56 Å². The molecule has 0 aliphatic carbocycles. The maximum Gasteiger partial charge on any atom is 0.233 e. The third-order valence-corrected chi connectivity index (χ3v) is 4.80. The molecule has 22 heavy (non-hydrogen) atoms. The number of amides is 1. The van der Waals surface area contributed by atoms with Crippen LogP contribution in [0.1, 0.15) is 26.3 Å². The SMILES string of the molecule is CC(Sc1ccccc1)C(=O)NCC(C)(C)c1ccccc1. The number of nitrogens with one attached hydrogen (secondary N) is 1. The van der Waals surface area contributed by atoms with E-state index in [-0.39, 0.29) is 16.6 Å². The molecule has 0 aromatic heterocycles. The van der Waals surface area contributed by atoms with Crippen molar-refractivity contribution >= 4 is 17.7 Å². The van der Waals surface area contributed by atoms with Crippen LogP contribution < -0.4 is 5.32 Å². The van der Waals surface area contributed by atoms with Crippen molar-refractivity contribution in [3.63, 3.8) is 0 Å². The highest BCUT2D eigenvalue weighted by atomic mass is 32.2. The van der Waals surface area contributed by atoms with Crippen molar-refractivity contribution in [1.82, 2.24) is 5.32 Å². The molecule has 1 amide bonds. The lowest BCUT2D eigenvalue weighted by molar-refractivity contribution is -0.120. The van der Waals surface area contributed by atoms with Gasteiger partial charge >= 0.3 is 0 Å². The lowest BCUT2D eigenvalue weighted by Crippen LogP contribution is -2.40. The summed E-state index contributed by atoms with van der Waals surface area (Å²) in [5, 5.41) is 2.98. The van der Waals surface area contributed by atoms with Crippen LogP contribution in [-0.2, 0) is 10.2 Å². The van der Waals surface area contributed by atoms with Gasteiger partial charge in [-0.05, 0) is 24.6 Å². The molecule has 0 aliphatic rings. The number of hydrogen-bond acceptors (Lipinski definition) is 2. The van der Waals surface area contributed by atoms with E-state index in [9.17, 15) is 4.79 Å². The second-order valence-electron chi connectivity index (χ2n) is 6.04. The zero-order valence-corrected chi connectivity index (χ0v) is 14.2. The molecule has 0 saturated heterocycles. The zero-order chi connectivity index (χ0) is 16.0. The fourth-order valence-electron chi connectivity index (χ4n) is 2.20. The molecule has 2 aromatic rings. The van der Waals surface area contributed by atoms with Crippen LogP contribution in [0, 0.1) is 0 Å². The number of benzene rings is 2. The highest BCUT2D eigenvalue weighted by Crippen LogP contribution is 2.24. The van der Waals surface area contributed by atoms with Gasteiger partial charge in [0.1, 0.15) is 0 Å². The molecule has 1 N–H and O–H groups in total. The molecule has 0 radical (unpaired) electrons. The molecule has 0 fully saturated rings. The van der Waals surface area contributed by atoms with Gasteiger partial charge in [0.25, 0.3) is 0 Å². The smallest absolute Gasteiger partial charge is 0.233 e. The molecule has 1 unspecified atom stereocenters. The summed E-state index contributed by atoms with van der Waals surface area (Å²) < 4.78 is 0. The van der Waals surface area contributed by atoms with Crippen molar-refractivity contribution in [3.8, 4) is 0 Å². The number of rotatable bonds is 6. The van der Waals surface area contributed by atoms with Gasteiger partial charge in [-0.3, -0.25) is 4.79 Å². The van der Waals surface area contributed by atoms with Gasteiger partial charge < -0.3 is 5.32 Å². The van der Waals surface area contributed by atoms with E-state index in [1.807, 2.05) is 55.5 Å². The fourth-order valence-corrected chi connectivity index (χ4v) is 3.11. The molecule has 2 nitrogen and oxygen atoms in total. The summed E-state index contributed by atoms with van der Waals surface area (Å²) in [7, 11) is 0. The Morgan fingerprint density at radius 1 is 1.05 bits per heavy atom. The number of carbonyl (C=O) groups is 1. The van der Waals surface area contributed by atoms with Crippen LogP contribution in [0.5, 0.6) is 0 Å². The van der Waals surface area contributed by atoms with Crippen LogP contribution in [0.15, 0.2) is 65.6 Å². The van der Waals surface area contributed by atoms with Crippen LogP contribution in [-0.4, -0.2) is 17.7 Å². The topological polar surface area (TPSA) is 29.1 Å². The maximum atomic E-state index is 12.3. The predicted octanol–water partition coefficient (Wildman–Crippen LogP) is 4.26. The lowest BCUT2D eigenvalue weighted by Gasteiger charge is -2.26. The van der Waals surface area contributed by atoms with Gasteiger partial charge in [-0.2, -0.15) is 0 Å². The van der Waals surface area contributed by atoms with Crippen LogP contribution in [0.25, 0.3) is 0 Å². The third kappa shape index (κ3) is 4.63. The highest BCUT2D eigenvalue weighted by Gasteiger charge is 2.22. The Morgan fingerprint density at radius 3 is 2.18 bits per heavy atom. The van der Waals surface area contributed by atoms with E-state index in [1.54, 1.807) is 11.8 Å². The molecule has 116 valence electrons. The first-order chi connectivity index (χ1) is 10.5. The molecule has 0 spiro atoms. The van der Waals surface area contributed by atoms with Crippen molar-refractivity contribution < 1.29 is 4.79 Å². The van der Waals surface area contributed by atoms with Crippen molar-refractivity contribution in [2.75, 3.05) is 6.54 Å². The van der Waals surface area contributed by atoms with Gasteiger partial charge in [0.15, 0.2) is 0 Å². The maximum absolute atomic E-state index is 12.3. The minimum atomic E-state index is -0.103. The van der Waals surface area contributed by atoms with E-state index < -0.39 is 0 Å². The van der Waals surface area contributed by atoms with E-state index >= 15 is 0 Å². The fraction of sp³-hybridized carbons (Fsp3) is 0.316. The van der Waals surface area contributed by atoms with E-state index in [2.05, 4.69) is 31.3 Å². The van der Waals surface area contributed by atoms with Crippen molar-refractivity contribution in [1.29, 1.82) is 0 Å². The second-order valence-corrected chi connectivity index (χ2v) is 7.46. The molecule has 0 saturated carbocycles. The van der Waals surface area contributed by atoms with Gasteiger partial charge in [0, 0.05) is 16.9 Å². The van der Waals surface area contributed by atoms with Crippen LogP contribution in [0.3, 0.4) is 0 Å². The van der Waals surface area contributed by atoms with Crippen molar-refractivity contribution in [2.45, 2.75) is 36.3 Å². The first kappa shape index (κ1) is 16.6.